The van der Waals surface area contributed by atoms with Crippen LogP contribution >= 0.6 is 11.3 Å². The first-order valence-corrected chi connectivity index (χ1v) is 9.85. The molecule has 0 aliphatic heterocycles. The number of rotatable bonds is 6. The summed E-state index contributed by atoms with van der Waals surface area (Å²) in [4.78, 5) is 26.2. The Kier molecular flexibility index (Phi) is 4.38. The molecule has 3 aliphatic rings. The topological polar surface area (TPSA) is 94.0 Å². The van der Waals surface area contributed by atoms with E-state index >= 15 is 0 Å². The average Bonchev–Trinajstić information content (AvgIpc) is 3.49. The Morgan fingerprint density at radius 2 is 2.00 bits per heavy atom. The van der Waals surface area contributed by atoms with Crippen LogP contribution in [0.1, 0.15) is 52.9 Å². The van der Waals surface area contributed by atoms with Crippen molar-refractivity contribution < 1.29 is 9.59 Å². The molecule has 7 heteroatoms. The second-order valence-corrected chi connectivity index (χ2v) is 8.43. The van der Waals surface area contributed by atoms with Crippen molar-refractivity contribution in [2.45, 2.75) is 51.0 Å². The molecule has 25 heavy (non-hydrogen) atoms. The van der Waals surface area contributed by atoms with Crippen LogP contribution in [0.25, 0.3) is 0 Å². The van der Waals surface area contributed by atoms with Gasteiger partial charge in [-0.1, -0.05) is 0 Å². The van der Waals surface area contributed by atoms with E-state index in [9.17, 15) is 9.59 Å². The molecular weight excluding hydrogens is 336 g/mol. The van der Waals surface area contributed by atoms with Gasteiger partial charge in [0.15, 0.2) is 6.19 Å². The van der Waals surface area contributed by atoms with Gasteiger partial charge in [0.05, 0.1) is 5.56 Å². The maximum absolute atomic E-state index is 12.8. The van der Waals surface area contributed by atoms with Gasteiger partial charge in [-0.25, -0.2) is 0 Å². The molecule has 6 nitrogen and oxygen atoms in total. The van der Waals surface area contributed by atoms with Crippen LogP contribution in [0.3, 0.4) is 0 Å². The average molecular weight is 358 g/mol. The molecule has 3 aliphatic carbocycles. The van der Waals surface area contributed by atoms with E-state index in [-0.39, 0.29) is 23.8 Å². The standard InChI is InChI=1S/C18H22N4O2S/c19-9-21-12-5-6-14-13(7-12)15(17(24)20-8-10-1-2-10)18(25-14)22-16(23)11-3-4-11/h10-12,21H,1-8H2,(H,20,24)(H,22,23). The third-order valence-electron chi connectivity index (χ3n) is 5.19. The Morgan fingerprint density at radius 1 is 1.20 bits per heavy atom. The predicted molar refractivity (Wildman–Crippen MR) is 95.3 cm³/mol. The summed E-state index contributed by atoms with van der Waals surface area (Å²) >= 11 is 1.53. The Bertz CT molecular complexity index is 743. The van der Waals surface area contributed by atoms with Crippen molar-refractivity contribution in [3.8, 4) is 6.19 Å². The molecule has 2 fully saturated rings. The summed E-state index contributed by atoms with van der Waals surface area (Å²) in [7, 11) is 0. The molecule has 0 aromatic carbocycles. The highest BCUT2D eigenvalue weighted by atomic mass is 32.1. The number of aryl methyl sites for hydroxylation is 1. The SMILES string of the molecule is N#CNC1CCc2sc(NC(=O)C3CC3)c(C(=O)NCC3CC3)c2C1. The van der Waals surface area contributed by atoms with E-state index in [1.807, 2.05) is 6.19 Å². The largest absolute Gasteiger partial charge is 0.352 e. The number of fused-ring (bicyclic) bond motifs is 1. The number of nitriles is 1. The number of amides is 2. The number of anilines is 1. The van der Waals surface area contributed by atoms with Crippen LogP contribution in [0, 0.1) is 23.3 Å². The van der Waals surface area contributed by atoms with Gasteiger partial charge < -0.3 is 16.0 Å². The third-order valence-corrected chi connectivity index (χ3v) is 6.40. The molecule has 132 valence electrons. The van der Waals surface area contributed by atoms with Gasteiger partial charge in [0.25, 0.3) is 5.91 Å². The minimum absolute atomic E-state index is 0.0292. The Hall–Kier alpha value is -2.07. The van der Waals surface area contributed by atoms with Crippen LogP contribution in [0.2, 0.25) is 0 Å². The van der Waals surface area contributed by atoms with Gasteiger partial charge in [0.2, 0.25) is 5.91 Å². The quantitative estimate of drug-likeness (QED) is 0.536. The summed E-state index contributed by atoms with van der Waals surface area (Å²) in [6.45, 7) is 0.708. The van der Waals surface area contributed by atoms with Crippen molar-refractivity contribution in [1.29, 1.82) is 5.26 Å². The van der Waals surface area contributed by atoms with Crippen molar-refractivity contribution in [1.82, 2.24) is 10.6 Å². The van der Waals surface area contributed by atoms with Crippen LogP contribution < -0.4 is 16.0 Å². The zero-order valence-corrected chi connectivity index (χ0v) is 14.9. The molecule has 0 spiro atoms. The number of hydrogen-bond acceptors (Lipinski definition) is 5. The number of nitrogens with zero attached hydrogens (tertiary/aromatic N) is 1. The van der Waals surface area contributed by atoms with Gasteiger partial charge in [-0.3, -0.25) is 9.59 Å². The summed E-state index contributed by atoms with van der Waals surface area (Å²) in [5.74, 6) is 0.653. The van der Waals surface area contributed by atoms with Crippen LogP contribution in [-0.2, 0) is 17.6 Å². The minimum atomic E-state index is -0.0897. The number of hydrogen-bond donors (Lipinski definition) is 3. The lowest BCUT2D eigenvalue weighted by molar-refractivity contribution is -0.117. The maximum Gasteiger partial charge on any atom is 0.254 e. The van der Waals surface area contributed by atoms with E-state index in [4.69, 9.17) is 5.26 Å². The maximum atomic E-state index is 12.8. The minimum Gasteiger partial charge on any atom is -0.352 e. The van der Waals surface area contributed by atoms with E-state index in [1.165, 1.54) is 29.1 Å². The molecule has 0 radical (unpaired) electrons. The van der Waals surface area contributed by atoms with Crippen LogP contribution in [0.5, 0.6) is 0 Å². The second-order valence-electron chi connectivity index (χ2n) is 7.32. The molecule has 2 amide bonds. The summed E-state index contributed by atoms with van der Waals surface area (Å²) < 4.78 is 0. The summed E-state index contributed by atoms with van der Waals surface area (Å²) in [5, 5.41) is 18.4. The van der Waals surface area contributed by atoms with Crippen molar-refractivity contribution in [3.63, 3.8) is 0 Å². The monoisotopic (exact) mass is 358 g/mol. The number of nitrogens with one attached hydrogen (secondary N) is 3. The predicted octanol–water partition coefficient (Wildman–Crippen LogP) is 2.16. The van der Waals surface area contributed by atoms with Gasteiger partial charge in [0.1, 0.15) is 5.00 Å². The molecule has 0 bridgehead atoms. The highest BCUT2D eigenvalue weighted by Crippen LogP contribution is 2.40. The van der Waals surface area contributed by atoms with Crippen molar-refractivity contribution in [3.05, 3.63) is 16.0 Å². The first-order chi connectivity index (χ1) is 12.2. The fourth-order valence-electron chi connectivity index (χ4n) is 3.33. The molecule has 1 heterocycles. The highest BCUT2D eigenvalue weighted by molar-refractivity contribution is 7.17. The zero-order valence-electron chi connectivity index (χ0n) is 14.1. The molecule has 1 aromatic heterocycles. The van der Waals surface area contributed by atoms with E-state index < -0.39 is 0 Å². The summed E-state index contributed by atoms with van der Waals surface area (Å²) in [5.41, 5.74) is 1.63. The summed E-state index contributed by atoms with van der Waals surface area (Å²) in [6, 6.07) is 0.0639. The number of carbonyl (C=O) groups is 2. The zero-order chi connectivity index (χ0) is 17.4. The van der Waals surface area contributed by atoms with Gasteiger partial charge in [-0.2, -0.15) is 5.26 Å². The Labute approximate surface area is 151 Å². The molecule has 4 rings (SSSR count). The summed E-state index contributed by atoms with van der Waals surface area (Å²) in [6.07, 6.45) is 8.62. The molecular formula is C18H22N4O2S. The molecule has 1 atom stereocenters. The molecule has 2 saturated carbocycles. The lowest BCUT2D eigenvalue weighted by Crippen LogP contribution is -2.33. The number of carbonyl (C=O) groups excluding carboxylic acids is 2. The van der Waals surface area contributed by atoms with Gasteiger partial charge >= 0.3 is 0 Å². The highest BCUT2D eigenvalue weighted by Gasteiger charge is 2.34. The first kappa shape index (κ1) is 16.4. The molecule has 1 unspecified atom stereocenters. The van der Waals surface area contributed by atoms with Gasteiger partial charge in [0, 0.05) is 23.4 Å². The third kappa shape index (κ3) is 3.64. The van der Waals surface area contributed by atoms with Crippen LogP contribution in [0.15, 0.2) is 0 Å². The molecule has 3 N–H and O–H groups in total. The Balaban J connectivity index is 1.59. The van der Waals surface area contributed by atoms with Crippen LogP contribution in [-0.4, -0.2) is 24.4 Å². The second kappa shape index (κ2) is 6.68. The Morgan fingerprint density at radius 3 is 2.68 bits per heavy atom. The fraction of sp³-hybridized carbons (Fsp3) is 0.611. The van der Waals surface area contributed by atoms with E-state index in [0.29, 0.717) is 29.4 Å². The first-order valence-electron chi connectivity index (χ1n) is 9.04. The molecule has 0 saturated heterocycles. The van der Waals surface area contributed by atoms with E-state index in [0.717, 1.165) is 31.2 Å². The van der Waals surface area contributed by atoms with E-state index in [1.54, 1.807) is 0 Å². The van der Waals surface area contributed by atoms with Gasteiger partial charge in [-0.15, -0.1) is 11.3 Å². The smallest absolute Gasteiger partial charge is 0.254 e. The molecule has 1 aromatic rings. The van der Waals surface area contributed by atoms with Crippen molar-refractivity contribution in [2.75, 3.05) is 11.9 Å². The number of thiophene rings is 1. The fourth-order valence-corrected chi connectivity index (χ4v) is 4.58. The van der Waals surface area contributed by atoms with Gasteiger partial charge in [-0.05, 0) is 56.4 Å². The van der Waals surface area contributed by atoms with E-state index in [2.05, 4.69) is 16.0 Å². The normalized spacial score (nSPS) is 21.8. The lowest BCUT2D eigenvalue weighted by atomic mass is 9.91. The van der Waals surface area contributed by atoms with Crippen molar-refractivity contribution >= 4 is 28.2 Å². The lowest BCUT2D eigenvalue weighted by Gasteiger charge is -2.21. The van der Waals surface area contributed by atoms with Crippen molar-refractivity contribution in [2.24, 2.45) is 11.8 Å². The van der Waals surface area contributed by atoms with Crippen LogP contribution in [0.4, 0.5) is 5.00 Å².